The van der Waals surface area contributed by atoms with E-state index in [9.17, 15) is 9.59 Å². The molecule has 2 N–H and O–H groups in total. The van der Waals surface area contributed by atoms with Crippen LogP contribution >= 0.6 is 11.8 Å². The molecular weight excluding hydrogens is 418 g/mol. The van der Waals surface area contributed by atoms with Crippen LogP contribution in [0.1, 0.15) is 26.3 Å². The van der Waals surface area contributed by atoms with Gasteiger partial charge in [-0.2, -0.15) is 0 Å². The molecule has 0 bridgehead atoms. The minimum Gasteiger partial charge on any atom is -0.493 e. The molecule has 0 radical (unpaired) electrons. The number of hydrazine groups is 1. The molecule has 158 valence electrons. The number of rotatable bonds is 7. The molecule has 8 heteroatoms. The topological polar surface area (TPSA) is 79.7 Å². The Hall–Kier alpha value is -3.84. The van der Waals surface area contributed by atoms with E-state index in [1.807, 2.05) is 30.3 Å². The van der Waals surface area contributed by atoms with Crippen LogP contribution in [0.15, 0.2) is 72.8 Å². The van der Waals surface area contributed by atoms with Crippen molar-refractivity contribution in [1.29, 1.82) is 0 Å². The zero-order valence-corrected chi connectivity index (χ0v) is 17.7. The van der Waals surface area contributed by atoms with E-state index in [0.717, 1.165) is 9.77 Å². The third kappa shape index (κ3) is 5.61. The van der Waals surface area contributed by atoms with Crippen LogP contribution in [0.5, 0.6) is 11.5 Å². The molecule has 3 aromatic rings. The second kappa shape index (κ2) is 10.3. The van der Waals surface area contributed by atoms with Gasteiger partial charge in [-0.05, 0) is 42.5 Å². The zero-order chi connectivity index (χ0) is 22.2. The summed E-state index contributed by atoms with van der Waals surface area (Å²) in [7, 11) is 3.01. The van der Waals surface area contributed by atoms with Crippen molar-refractivity contribution in [3.05, 3.63) is 89.5 Å². The van der Waals surface area contributed by atoms with E-state index >= 15 is 0 Å². The number of carbonyl (C=O) groups excluding carboxylic acids is 2. The zero-order valence-electron chi connectivity index (χ0n) is 17.0. The molecule has 0 heterocycles. The maximum atomic E-state index is 12.7. The average Bonchev–Trinajstić information content (AvgIpc) is 2.79. The maximum absolute atomic E-state index is 12.7. The fourth-order valence-corrected chi connectivity index (χ4v) is 3.01. The van der Waals surface area contributed by atoms with Gasteiger partial charge in [0.05, 0.1) is 25.5 Å². The van der Waals surface area contributed by atoms with Crippen molar-refractivity contribution in [2.75, 3.05) is 19.5 Å². The highest BCUT2D eigenvalue weighted by Crippen LogP contribution is 2.28. The van der Waals surface area contributed by atoms with Crippen molar-refractivity contribution in [2.24, 2.45) is 0 Å². The summed E-state index contributed by atoms with van der Waals surface area (Å²) in [5.41, 5.74) is 4.30. The van der Waals surface area contributed by atoms with Gasteiger partial charge in [0.25, 0.3) is 17.7 Å². The molecule has 0 saturated carbocycles. The number of hydrogen-bond donors (Lipinski definition) is 2. The number of nitrogens with one attached hydrogen (secondary N) is 2. The summed E-state index contributed by atoms with van der Waals surface area (Å²) in [6.07, 6.45) is 1.56. The molecule has 2 amide bonds. The number of benzene rings is 3. The van der Waals surface area contributed by atoms with E-state index in [-0.39, 0.29) is 5.56 Å². The summed E-state index contributed by atoms with van der Waals surface area (Å²) >= 11 is 6.11. The fraction of sp³-hybridized carbons (Fsp3) is 0.0870. The quantitative estimate of drug-likeness (QED) is 0.333. The SMILES string of the molecule is COc1ccc(C(=O)Nc2ccccc2C(=O)N[N+](Cl)=Cc2ccccc2)cc1OC. The second-order valence-corrected chi connectivity index (χ2v) is 6.73. The van der Waals surface area contributed by atoms with E-state index in [2.05, 4.69) is 10.7 Å². The predicted octanol–water partition coefficient (Wildman–Crippen LogP) is 3.89. The number of para-hydroxylation sites is 1. The lowest BCUT2D eigenvalue weighted by molar-refractivity contribution is -0.419. The number of amides is 2. The molecule has 31 heavy (non-hydrogen) atoms. The van der Waals surface area contributed by atoms with Gasteiger partial charge in [0.15, 0.2) is 11.5 Å². The van der Waals surface area contributed by atoms with Crippen LogP contribution in [0.2, 0.25) is 0 Å². The summed E-state index contributed by atoms with van der Waals surface area (Å²) < 4.78 is 11.5. The van der Waals surface area contributed by atoms with Gasteiger partial charge in [0.2, 0.25) is 6.21 Å². The standard InChI is InChI=1S/C23H20ClN3O4/c1-30-20-13-12-17(14-21(20)31-2)22(28)25-19-11-7-6-10-18(19)23(29)26-27(24)15-16-8-4-3-5-9-16/h3-15H,1-2H3,(H-,25,26,28,29)/p+1. The van der Waals surface area contributed by atoms with Crippen molar-refractivity contribution in [3.8, 4) is 11.5 Å². The van der Waals surface area contributed by atoms with Crippen LogP contribution in [-0.4, -0.2) is 36.5 Å². The molecule has 3 rings (SSSR count). The van der Waals surface area contributed by atoms with Crippen LogP contribution in [0.4, 0.5) is 5.69 Å². The van der Waals surface area contributed by atoms with Crippen LogP contribution in [0.25, 0.3) is 0 Å². The summed E-state index contributed by atoms with van der Waals surface area (Å²) in [5, 5.41) is 2.75. The van der Waals surface area contributed by atoms with Crippen molar-refractivity contribution in [2.45, 2.75) is 0 Å². The number of halogens is 1. The molecule has 0 saturated heterocycles. The third-order valence-corrected chi connectivity index (χ3v) is 4.52. The Morgan fingerprint density at radius 1 is 0.871 bits per heavy atom. The Kier molecular flexibility index (Phi) is 7.24. The van der Waals surface area contributed by atoms with Crippen LogP contribution in [0, 0.1) is 0 Å². The van der Waals surface area contributed by atoms with Crippen molar-refractivity contribution in [3.63, 3.8) is 0 Å². The second-order valence-electron chi connectivity index (χ2n) is 6.36. The minimum atomic E-state index is -0.481. The summed E-state index contributed by atoms with van der Waals surface area (Å²) in [6, 6.07) is 20.7. The first-order valence-corrected chi connectivity index (χ1v) is 9.64. The molecule has 0 spiro atoms. The van der Waals surface area contributed by atoms with Crippen molar-refractivity contribution < 1.29 is 23.3 Å². The molecule has 0 aliphatic heterocycles. The van der Waals surface area contributed by atoms with Gasteiger partial charge in [0.1, 0.15) is 0 Å². The van der Waals surface area contributed by atoms with Gasteiger partial charge in [-0.3, -0.25) is 9.59 Å². The summed E-state index contributed by atoms with van der Waals surface area (Å²) in [6.45, 7) is 0. The molecule has 0 unspecified atom stereocenters. The Bertz CT molecular complexity index is 1120. The van der Waals surface area contributed by atoms with E-state index < -0.39 is 11.8 Å². The normalized spacial score (nSPS) is 10.9. The monoisotopic (exact) mass is 438 g/mol. The predicted molar refractivity (Wildman–Crippen MR) is 119 cm³/mol. The Morgan fingerprint density at radius 3 is 2.26 bits per heavy atom. The molecule has 0 fully saturated rings. The number of hydrogen-bond acceptors (Lipinski definition) is 4. The van der Waals surface area contributed by atoms with Gasteiger partial charge in [-0.1, -0.05) is 30.3 Å². The third-order valence-electron chi connectivity index (χ3n) is 4.34. The van der Waals surface area contributed by atoms with Gasteiger partial charge in [-0.15, -0.1) is 5.43 Å². The van der Waals surface area contributed by atoms with Crippen LogP contribution in [-0.2, 0) is 0 Å². The van der Waals surface area contributed by atoms with Crippen LogP contribution in [0.3, 0.4) is 0 Å². The smallest absolute Gasteiger partial charge is 0.308 e. The van der Waals surface area contributed by atoms with Gasteiger partial charge < -0.3 is 14.8 Å². The van der Waals surface area contributed by atoms with E-state index in [1.165, 1.54) is 14.2 Å². The van der Waals surface area contributed by atoms with Gasteiger partial charge in [0, 0.05) is 15.3 Å². The largest absolute Gasteiger partial charge is 0.493 e. The molecule has 0 aliphatic rings. The fourth-order valence-electron chi connectivity index (χ4n) is 2.82. The first-order valence-electron chi connectivity index (χ1n) is 9.30. The Labute approximate surface area is 185 Å². The van der Waals surface area contributed by atoms with Crippen molar-refractivity contribution >= 4 is 35.5 Å². The minimum absolute atomic E-state index is 0.253. The Morgan fingerprint density at radius 2 is 1.55 bits per heavy atom. The van der Waals surface area contributed by atoms with E-state index in [1.54, 1.807) is 48.7 Å². The number of nitrogens with zero attached hydrogens (tertiary/aromatic N) is 1. The number of anilines is 1. The Balaban J connectivity index is 1.78. The van der Waals surface area contributed by atoms with E-state index in [4.69, 9.17) is 21.3 Å². The number of ether oxygens (including phenoxy) is 2. The van der Waals surface area contributed by atoms with Crippen molar-refractivity contribution in [1.82, 2.24) is 5.43 Å². The lowest BCUT2D eigenvalue weighted by Crippen LogP contribution is -2.30. The molecule has 0 aromatic heterocycles. The lowest BCUT2D eigenvalue weighted by Gasteiger charge is -2.11. The molecule has 7 nitrogen and oxygen atoms in total. The maximum Gasteiger partial charge on any atom is 0.308 e. The molecular formula is C23H21ClN3O4+. The first kappa shape index (κ1) is 21.9. The highest BCUT2D eigenvalue weighted by atomic mass is 35.5. The molecule has 3 aromatic carbocycles. The van der Waals surface area contributed by atoms with E-state index in [0.29, 0.717) is 22.7 Å². The van der Waals surface area contributed by atoms with Crippen LogP contribution < -0.4 is 20.2 Å². The summed E-state index contributed by atoms with van der Waals surface area (Å²) in [4.78, 5) is 25.5. The molecule has 0 atom stereocenters. The molecule has 0 aliphatic carbocycles. The number of methoxy groups -OCH3 is 2. The first-order chi connectivity index (χ1) is 15.0. The van der Waals surface area contributed by atoms with Gasteiger partial charge >= 0.3 is 5.91 Å². The van der Waals surface area contributed by atoms with Gasteiger partial charge in [-0.25, -0.2) is 0 Å². The average molecular weight is 439 g/mol. The lowest BCUT2D eigenvalue weighted by atomic mass is 10.1. The number of hydrazone groups is 1. The number of carbonyl (C=O) groups is 2. The summed E-state index contributed by atoms with van der Waals surface area (Å²) in [5.74, 6) is 0.0521. The highest BCUT2D eigenvalue weighted by molar-refractivity contribution is 6.11. The highest BCUT2D eigenvalue weighted by Gasteiger charge is 2.18.